The average Bonchev–Trinajstić information content (AvgIpc) is 2.87. The lowest BCUT2D eigenvalue weighted by Crippen LogP contribution is -2.41. The molecule has 0 aromatic rings. The summed E-state index contributed by atoms with van der Waals surface area (Å²) in [5.74, 6) is 0.184. The number of carboxylic acids is 1. The molecule has 2 rings (SSSR count). The van der Waals surface area contributed by atoms with Crippen LogP contribution < -0.4 is 0 Å². The van der Waals surface area contributed by atoms with E-state index >= 15 is 0 Å². The fourth-order valence-corrected chi connectivity index (χ4v) is 3.58. The zero-order chi connectivity index (χ0) is 11.5. The summed E-state index contributed by atoms with van der Waals surface area (Å²) in [6.07, 6.45) is 8.32. The highest BCUT2D eigenvalue weighted by molar-refractivity contribution is 5.67. The van der Waals surface area contributed by atoms with E-state index < -0.39 is 5.97 Å². The van der Waals surface area contributed by atoms with Gasteiger partial charge in [0.05, 0.1) is 6.42 Å². The van der Waals surface area contributed by atoms with Crippen molar-refractivity contribution < 1.29 is 9.90 Å². The van der Waals surface area contributed by atoms with Crippen LogP contribution in [0.4, 0.5) is 0 Å². The third-order valence-corrected chi connectivity index (χ3v) is 4.32. The van der Waals surface area contributed by atoms with E-state index in [4.69, 9.17) is 5.11 Å². The molecule has 2 atom stereocenters. The molecule has 1 saturated heterocycles. The quantitative estimate of drug-likeness (QED) is 0.799. The highest BCUT2D eigenvalue weighted by Crippen LogP contribution is 2.36. The Bertz CT molecular complexity index is 248. The normalized spacial score (nSPS) is 29.7. The van der Waals surface area contributed by atoms with Crippen LogP contribution in [-0.2, 0) is 4.79 Å². The Balaban J connectivity index is 1.93. The molecular weight excluding hydrogens is 202 g/mol. The second kappa shape index (κ2) is 5.17. The van der Waals surface area contributed by atoms with Gasteiger partial charge in [0.25, 0.3) is 0 Å². The number of carbonyl (C=O) groups is 1. The van der Waals surface area contributed by atoms with Gasteiger partial charge in [0.1, 0.15) is 0 Å². The fourth-order valence-electron chi connectivity index (χ4n) is 3.58. The van der Waals surface area contributed by atoms with Crippen molar-refractivity contribution in [1.29, 1.82) is 0 Å². The molecule has 1 aliphatic heterocycles. The summed E-state index contributed by atoms with van der Waals surface area (Å²) in [6.45, 7) is 3.18. The predicted molar refractivity (Wildman–Crippen MR) is 63.4 cm³/mol. The van der Waals surface area contributed by atoms with Crippen molar-refractivity contribution in [2.75, 3.05) is 6.54 Å². The molecule has 0 spiro atoms. The molecular formula is C13H23NO2. The van der Waals surface area contributed by atoms with Crippen LogP contribution in [0.5, 0.6) is 0 Å². The van der Waals surface area contributed by atoms with Gasteiger partial charge in [-0.15, -0.1) is 0 Å². The molecule has 0 aromatic carbocycles. The highest BCUT2D eigenvalue weighted by Gasteiger charge is 2.35. The van der Waals surface area contributed by atoms with Crippen LogP contribution in [0.15, 0.2) is 0 Å². The summed E-state index contributed by atoms with van der Waals surface area (Å²) in [5.41, 5.74) is 0. The highest BCUT2D eigenvalue weighted by atomic mass is 16.4. The molecule has 0 aromatic heterocycles. The number of hydrogen-bond acceptors (Lipinski definition) is 2. The second-order valence-corrected chi connectivity index (χ2v) is 5.44. The van der Waals surface area contributed by atoms with Gasteiger partial charge in [-0.2, -0.15) is 0 Å². The molecule has 2 aliphatic rings. The first kappa shape index (κ1) is 11.9. The van der Waals surface area contributed by atoms with Crippen molar-refractivity contribution in [1.82, 2.24) is 4.90 Å². The predicted octanol–water partition coefficient (Wildman–Crippen LogP) is 2.50. The summed E-state index contributed by atoms with van der Waals surface area (Å²) >= 11 is 0. The van der Waals surface area contributed by atoms with Crippen LogP contribution >= 0.6 is 0 Å². The Morgan fingerprint density at radius 3 is 2.62 bits per heavy atom. The first-order chi connectivity index (χ1) is 7.68. The largest absolute Gasteiger partial charge is 0.481 e. The van der Waals surface area contributed by atoms with Gasteiger partial charge in [0.15, 0.2) is 0 Å². The first-order valence-corrected chi connectivity index (χ1v) is 6.66. The monoisotopic (exact) mass is 225 g/mol. The SMILES string of the molecule is CC(CC(=O)O)N1CCCC1C1CCCC1. The van der Waals surface area contributed by atoms with Crippen LogP contribution in [0.25, 0.3) is 0 Å². The summed E-state index contributed by atoms with van der Waals surface area (Å²) in [7, 11) is 0. The van der Waals surface area contributed by atoms with Gasteiger partial charge >= 0.3 is 5.97 Å². The van der Waals surface area contributed by atoms with Gasteiger partial charge in [-0.1, -0.05) is 12.8 Å². The molecule has 0 radical (unpaired) electrons. The van der Waals surface area contributed by atoms with E-state index in [1.165, 1.54) is 38.5 Å². The first-order valence-electron chi connectivity index (χ1n) is 6.66. The molecule has 1 N–H and O–H groups in total. The Hall–Kier alpha value is -0.570. The molecule has 3 nitrogen and oxygen atoms in total. The molecule has 2 unspecified atom stereocenters. The van der Waals surface area contributed by atoms with Gasteiger partial charge in [0, 0.05) is 12.1 Å². The molecule has 1 aliphatic carbocycles. The number of rotatable bonds is 4. The van der Waals surface area contributed by atoms with Crippen molar-refractivity contribution in [3.05, 3.63) is 0 Å². The van der Waals surface area contributed by atoms with E-state index in [2.05, 4.69) is 11.8 Å². The lowest BCUT2D eigenvalue weighted by Gasteiger charge is -2.33. The van der Waals surface area contributed by atoms with Crippen molar-refractivity contribution in [3.63, 3.8) is 0 Å². The van der Waals surface area contributed by atoms with Gasteiger partial charge < -0.3 is 5.11 Å². The number of hydrogen-bond donors (Lipinski definition) is 1. The van der Waals surface area contributed by atoms with Crippen molar-refractivity contribution in [2.24, 2.45) is 5.92 Å². The maximum atomic E-state index is 10.8. The maximum Gasteiger partial charge on any atom is 0.304 e. The lowest BCUT2D eigenvalue weighted by atomic mass is 9.95. The summed E-state index contributed by atoms with van der Waals surface area (Å²) < 4.78 is 0. The minimum Gasteiger partial charge on any atom is -0.481 e. The molecule has 0 bridgehead atoms. The standard InChI is InChI=1S/C13H23NO2/c1-10(9-13(15)16)14-8-4-7-12(14)11-5-2-3-6-11/h10-12H,2-9H2,1H3,(H,15,16). The minimum absolute atomic E-state index is 0.214. The lowest BCUT2D eigenvalue weighted by molar-refractivity contribution is -0.138. The Labute approximate surface area is 97.8 Å². The molecule has 2 fully saturated rings. The van der Waals surface area contributed by atoms with Crippen molar-refractivity contribution in [3.8, 4) is 0 Å². The average molecular weight is 225 g/mol. The molecule has 0 amide bonds. The molecule has 92 valence electrons. The zero-order valence-electron chi connectivity index (χ0n) is 10.2. The van der Waals surface area contributed by atoms with Crippen molar-refractivity contribution >= 4 is 5.97 Å². The number of likely N-dealkylation sites (tertiary alicyclic amines) is 1. The third kappa shape index (κ3) is 2.57. The second-order valence-electron chi connectivity index (χ2n) is 5.44. The molecule has 16 heavy (non-hydrogen) atoms. The minimum atomic E-state index is -0.662. The van der Waals surface area contributed by atoms with E-state index in [-0.39, 0.29) is 6.04 Å². The summed E-state index contributed by atoms with van der Waals surface area (Å²) in [4.78, 5) is 13.2. The van der Waals surface area contributed by atoms with E-state index in [1.807, 2.05) is 0 Å². The molecule has 1 saturated carbocycles. The molecule has 3 heteroatoms. The topological polar surface area (TPSA) is 40.5 Å². The number of aliphatic carboxylic acids is 1. The van der Waals surface area contributed by atoms with Gasteiger partial charge in [0.2, 0.25) is 0 Å². The fraction of sp³-hybridized carbons (Fsp3) is 0.923. The number of nitrogens with zero attached hydrogens (tertiary/aromatic N) is 1. The van der Waals surface area contributed by atoms with Gasteiger partial charge in [-0.3, -0.25) is 9.69 Å². The van der Waals surface area contributed by atoms with Crippen molar-refractivity contribution in [2.45, 2.75) is 64.0 Å². The third-order valence-electron chi connectivity index (χ3n) is 4.32. The number of carboxylic acid groups (broad SMARTS) is 1. The summed E-state index contributed by atoms with van der Waals surface area (Å²) in [5, 5.41) is 8.87. The van der Waals surface area contributed by atoms with E-state index in [0.717, 1.165) is 12.5 Å². The van der Waals surface area contributed by atoms with Crippen LogP contribution in [0, 0.1) is 5.92 Å². The Kier molecular flexibility index (Phi) is 3.85. The van der Waals surface area contributed by atoms with Crippen LogP contribution in [0.3, 0.4) is 0 Å². The molecule has 1 heterocycles. The van der Waals surface area contributed by atoms with Gasteiger partial charge in [-0.05, 0) is 45.1 Å². The van der Waals surface area contributed by atoms with Crippen LogP contribution in [-0.4, -0.2) is 34.6 Å². The zero-order valence-corrected chi connectivity index (χ0v) is 10.2. The summed E-state index contributed by atoms with van der Waals surface area (Å²) in [6, 6.07) is 0.891. The van der Waals surface area contributed by atoms with Crippen LogP contribution in [0.2, 0.25) is 0 Å². The van der Waals surface area contributed by atoms with E-state index in [1.54, 1.807) is 0 Å². The van der Waals surface area contributed by atoms with E-state index in [0.29, 0.717) is 12.5 Å². The smallest absolute Gasteiger partial charge is 0.304 e. The maximum absolute atomic E-state index is 10.8. The van der Waals surface area contributed by atoms with Crippen LogP contribution in [0.1, 0.15) is 51.9 Å². The van der Waals surface area contributed by atoms with E-state index in [9.17, 15) is 4.79 Å². The Morgan fingerprint density at radius 2 is 2.00 bits per heavy atom. The Morgan fingerprint density at radius 1 is 1.31 bits per heavy atom. The van der Waals surface area contributed by atoms with Gasteiger partial charge in [-0.25, -0.2) is 0 Å².